The number of rotatable bonds is 5. The third-order valence-corrected chi connectivity index (χ3v) is 4.53. The average Bonchev–Trinajstić information content (AvgIpc) is 3.05. The second kappa shape index (κ2) is 5.81. The van der Waals surface area contributed by atoms with Crippen molar-refractivity contribution in [2.24, 2.45) is 5.73 Å². The molecule has 0 saturated heterocycles. The standard InChI is InChI=1S/C17H20N2S/c1-13(18)12-15-5-2-4-14-7-9-19(17(14)15)10-8-16-6-3-11-20-16/h2-7,9,11,13H,8,10,12,18H2,1H3. The van der Waals surface area contributed by atoms with Crippen LogP contribution in [0.5, 0.6) is 0 Å². The fourth-order valence-corrected chi connectivity index (χ4v) is 3.42. The molecule has 3 rings (SSSR count). The van der Waals surface area contributed by atoms with Crippen LogP contribution in [0.1, 0.15) is 17.4 Å². The van der Waals surface area contributed by atoms with E-state index in [1.807, 2.05) is 11.3 Å². The molecule has 0 fully saturated rings. The zero-order valence-electron chi connectivity index (χ0n) is 11.8. The minimum atomic E-state index is 0.196. The lowest BCUT2D eigenvalue weighted by atomic mass is 10.0. The van der Waals surface area contributed by atoms with Gasteiger partial charge in [0.2, 0.25) is 0 Å². The molecular formula is C17H20N2S. The molecule has 0 radical (unpaired) electrons. The van der Waals surface area contributed by atoms with Gasteiger partial charge in [-0.3, -0.25) is 0 Å². The predicted molar refractivity (Wildman–Crippen MR) is 87.3 cm³/mol. The Hall–Kier alpha value is -1.58. The van der Waals surface area contributed by atoms with E-state index in [9.17, 15) is 0 Å². The number of para-hydroxylation sites is 1. The highest BCUT2D eigenvalue weighted by molar-refractivity contribution is 7.09. The SMILES string of the molecule is CC(N)Cc1cccc2ccn(CCc3cccs3)c12. The second-order valence-corrected chi connectivity index (χ2v) is 6.41. The Balaban J connectivity index is 1.90. The molecule has 0 aliphatic heterocycles. The summed E-state index contributed by atoms with van der Waals surface area (Å²) in [6.07, 6.45) is 4.22. The lowest BCUT2D eigenvalue weighted by Gasteiger charge is -2.11. The first-order valence-corrected chi connectivity index (χ1v) is 7.96. The second-order valence-electron chi connectivity index (χ2n) is 5.37. The minimum Gasteiger partial charge on any atom is -0.347 e. The Morgan fingerprint density at radius 2 is 2.10 bits per heavy atom. The molecule has 0 amide bonds. The smallest absolute Gasteiger partial charge is 0.0513 e. The first-order valence-electron chi connectivity index (χ1n) is 7.09. The topological polar surface area (TPSA) is 30.9 Å². The van der Waals surface area contributed by atoms with E-state index in [0.717, 1.165) is 19.4 Å². The van der Waals surface area contributed by atoms with E-state index in [1.165, 1.54) is 21.3 Å². The Morgan fingerprint density at radius 1 is 1.20 bits per heavy atom. The lowest BCUT2D eigenvalue weighted by molar-refractivity contribution is 0.711. The molecule has 1 unspecified atom stereocenters. The number of aromatic nitrogens is 1. The maximum atomic E-state index is 5.98. The number of aryl methyl sites for hydroxylation is 2. The van der Waals surface area contributed by atoms with E-state index in [1.54, 1.807) is 0 Å². The van der Waals surface area contributed by atoms with Gasteiger partial charge in [0, 0.05) is 23.7 Å². The Morgan fingerprint density at radius 3 is 2.85 bits per heavy atom. The molecule has 0 aliphatic carbocycles. The molecule has 1 aromatic carbocycles. The van der Waals surface area contributed by atoms with Crippen molar-refractivity contribution in [2.45, 2.75) is 32.4 Å². The molecule has 0 spiro atoms. The molecule has 3 aromatic rings. The minimum absolute atomic E-state index is 0.196. The first-order chi connectivity index (χ1) is 9.74. The summed E-state index contributed by atoms with van der Waals surface area (Å²) in [5, 5.41) is 3.46. The highest BCUT2D eigenvalue weighted by Gasteiger charge is 2.08. The third-order valence-electron chi connectivity index (χ3n) is 3.59. The van der Waals surface area contributed by atoms with E-state index in [2.05, 4.69) is 59.5 Å². The normalized spacial score (nSPS) is 12.9. The van der Waals surface area contributed by atoms with E-state index >= 15 is 0 Å². The van der Waals surface area contributed by atoms with Gasteiger partial charge in [0.1, 0.15) is 0 Å². The summed E-state index contributed by atoms with van der Waals surface area (Å²) in [6, 6.07) is 13.2. The number of benzene rings is 1. The summed E-state index contributed by atoms with van der Waals surface area (Å²) in [7, 11) is 0. The van der Waals surface area contributed by atoms with Crippen LogP contribution in [0.4, 0.5) is 0 Å². The summed E-state index contributed by atoms with van der Waals surface area (Å²) in [4.78, 5) is 1.44. The van der Waals surface area contributed by atoms with E-state index in [-0.39, 0.29) is 6.04 Å². The molecule has 20 heavy (non-hydrogen) atoms. The van der Waals surface area contributed by atoms with Crippen LogP contribution in [0.3, 0.4) is 0 Å². The van der Waals surface area contributed by atoms with Crippen molar-refractivity contribution in [1.82, 2.24) is 4.57 Å². The fraction of sp³-hybridized carbons (Fsp3) is 0.294. The third kappa shape index (κ3) is 2.79. The van der Waals surface area contributed by atoms with Gasteiger partial charge < -0.3 is 10.3 Å². The van der Waals surface area contributed by atoms with Crippen LogP contribution in [0.25, 0.3) is 10.9 Å². The van der Waals surface area contributed by atoms with E-state index in [0.29, 0.717) is 0 Å². The van der Waals surface area contributed by atoms with Gasteiger partial charge in [-0.15, -0.1) is 11.3 Å². The number of hydrogen-bond acceptors (Lipinski definition) is 2. The highest BCUT2D eigenvalue weighted by atomic mass is 32.1. The zero-order valence-corrected chi connectivity index (χ0v) is 12.6. The molecule has 104 valence electrons. The van der Waals surface area contributed by atoms with Crippen LogP contribution in [-0.4, -0.2) is 10.6 Å². The Labute approximate surface area is 123 Å². The van der Waals surface area contributed by atoms with Crippen LogP contribution < -0.4 is 5.73 Å². The monoisotopic (exact) mass is 284 g/mol. The Bertz CT molecular complexity index is 680. The molecule has 2 aromatic heterocycles. The lowest BCUT2D eigenvalue weighted by Crippen LogP contribution is -2.18. The molecule has 0 saturated carbocycles. The van der Waals surface area contributed by atoms with Crippen LogP contribution >= 0.6 is 11.3 Å². The quantitative estimate of drug-likeness (QED) is 0.758. The Kier molecular flexibility index (Phi) is 3.90. The maximum Gasteiger partial charge on any atom is 0.0513 e. The molecule has 2 N–H and O–H groups in total. The van der Waals surface area contributed by atoms with E-state index < -0.39 is 0 Å². The molecule has 3 heteroatoms. The largest absolute Gasteiger partial charge is 0.347 e. The zero-order chi connectivity index (χ0) is 13.9. The van der Waals surface area contributed by atoms with Gasteiger partial charge in [0.15, 0.2) is 0 Å². The predicted octanol–water partition coefficient (Wildman–Crippen LogP) is 3.84. The molecule has 2 heterocycles. The van der Waals surface area contributed by atoms with Gasteiger partial charge in [-0.25, -0.2) is 0 Å². The maximum absolute atomic E-state index is 5.98. The molecular weight excluding hydrogens is 264 g/mol. The molecule has 1 atom stereocenters. The van der Waals surface area contributed by atoms with Crippen molar-refractivity contribution in [2.75, 3.05) is 0 Å². The van der Waals surface area contributed by atoms with Crippen molar-refractivity contribution >= 4 is 22.2 Å². The highest BCUT2D eigenvalue weighted by Crippen LogP contribution is 2.22. The number of nitrogens with two attached hydrogens (primary N) is 1. The van der Waals surface area contributed by atoms with Gasteiger partial charge in [0.25, 0.3) is 0 Å². The van der Waals surface area contributed by atoms with E-state index in [4.69, 9.17) is 5.73 Å². The number of thiophene rings is 1. The summed E-state index contributed by atoms with van der Waals surface area (Å²) in [6.45, 7) is 3.09. The summed E-state index contributed by atoms with van der Waals surface area (Å²) in [5.41, 5.74) is 8.68. The molecule has 2 nitrogen and oxygen atoms in total. The van der Waals surface area contributed by atoms with Gasteiger partial charge >= 0.3 is 0 Å². The summed E-state index contributed by atoms with van der Waals surface area (Å²) < 4.78 is 2.37. The van der Waals surface area contributed by atoms with Crippen molar-refractivity contribution in [1.29, 1.82) is 0 Å². The summed E-state index contributed by atoms with van der Waals surface area (Å²) >= 11 is 1.83. The van der Waals surface area contributed by atoms with Crippen molar-refractivity contribution in [3.8, 4) is 0 Å². The van der Waals surface area contributed by atoms with Crippen molar-refractivity contribution in [3.05, 3.63) is 58.4 Å². The number of nitrogens with zero attached hydrogens (tertiary/aromatic N) is 1. The molecule has 0 aliphatic rings. The van der Waals surface area contributed by atoms with Gasteiger partial charge in [0.05, 0.1) is 5.52 Å². The first kappa shape index (κ1) is 13.4. The van der Waals surface area contributed by atoms with Crippen molar-refractivity contribution < 1.29 is 0 Å². The number of hydrogen-bond donors (Lipinski definition) is 1. The molecule has 0 bridgehead atoms. The van der Waals surface area contributed by atoms with Crippen molar-refractivity contribution in [3.63, 3.8) is 0 Å². The van der Waals surface area contributed by atoms with Crippen LogP contribution in [0.2, 0.25) is 0 Å². The van der Waals surface area contributed by atoms with Gasteiger partial charge in [-0.2, -0.15) is 0 Å². The van der Waals surface area contributed by atoms with Gasteiger partial charge in [-0.05, 0) is 48.2 Å². The van der Waals surface area contributed by atoms with Crippen LogP contribution in [0.15, 0.2) is 48.0 Å². The fourth-order valence-electron chi connectivity index (χ4n) is 2.72. The van der Waals surface area contributed by atoms with Gasteiger partial charge in [-0.1, -0.05) is 24.3 Å². The summed E-state index contributed by atoms with van der Waals surface area (Å²) in [5.74, 6) is 0. The number of fused-ring (bicyclic) bond motifs is 1. The van der Waals surface area contributed by atoms with Crippen LogP contribution in [0, 0.1) is 0 Å². The van der Waals surface area contributed by atoms with Crippen LogP contribution in [-0.2, 0) is 19.4 Å². The average molecular weight is 284 g/mol.